The van der Waals surface area contributed by atoms with Gasteiger partial charge >= 0.3 is 0 Å². The fourth-order valence-corrected chi connectivity index (χ4v) is 4.18. The molecule has 0 aliphatic carbocycles. The molecule has 2 aromatic heterocycles. The van der Waals surface area contributed by atoms with Crippen LogP contribution < -0.4 is 19.8 Å². The minimum atomic E-state index is -0.126. The average Bonchev–Trinajstić information content (AvgIpc) is 2.84. The van der Waals surface area contributed by atoms with Crippen LogP contribution >= 0.6 is 0 Å². The van der Waals surface area contributed by atoms with Crippen LogP contribution in [0.15, 0.2) is 47.5 Å². The van der Waals surface area contributed by atoms with Crippen molar-refractivity contribution in [2.24, 2.45) is 0 Å². The van der Waals surface area contributed by atoms with Crippen LogP contribution in [0.3, 0.4) is 0 Å². The quantitative estimate of drug-likeness (QED) is 0.608. The predicted molar refractivity (Wildman–Crippen MR) is 121 cm³/mol. The van der Waals surface area contributed by atoms with Crippen LogP contribution in [-0.4, -0.2) is 54.3 Å². The summed E-state index contributed by atoms with van der Waals surface area (Å²) >= 11 is 0. The molecule has 1 aliphatic rings. The van der Waals surface area contributed by atoms with Gasteiger partial charge in [0.15, 0.2) is 11.5 Å². The molecule has 8 heteroatoms. The number of rotatable bonds is 7. The molecular formula is C24H28N4O4. The Bertz CT molecular complexity index is 1110. The van der Waals surface area contributed by atoms with Crippen molar-refractivity contribution in [3.8, 4) is 28.6 Å². The standard InChI is InChI=1S/C24H28N4O4/c1-30-20-14-22(32-3)21(31-2)12-18(20)15-28-10-6-16(7-11-28)19-13-23(29)27-24(26-19)17-4-8-25-9-5-17/h4-5,8-9,12-14,16H,6-7,10-11,15H2,1-3H3,(H,26,27,29). The van der Waals surface area contributed by atoms with E-state index in [1.54, 1.807) is 39.8 Å². The van der Waals surface area contributed by atoms with Crippen molar-refractivity contribution in [2.45, 2.75) is 25.3 Å². The molecule has 8 nitrogen and oxygen atoms in total. The van der Waals surface area contributed by atoms with E-state index >= 15 is 0 Å². The lowest BCUT2D eigenvalue weighted by atomic mass is 9.93. The molecule has 0 radical (unpaired) electrons. The van der Waals surface area contributed by atoms with E-state index < -0.39 is 0 Å². The van der Waals surface area contributed by atoms with Crippen molar-refractivity contribution in [3.05, 3.63) is 64.3 Å². The Balaban J connectivity index is 1.46. The maximum atomic E-state index is 12.3. The smallest absolute Gasteiger partial charge is 0.251 e. The van der Waals surface area contributed by atoms with E-state index in [0.29, 0.717) is 17.3 Å². The second kappa shape index (κ2) is 9.82. The van der Waals surface area contributed by atoms with Gasteiger partial charge in [-0.05, 0) is 44.1 Å². The van der Waals surface area contributed by atoms with E-state index in [-0.39, 0.29) is 11.5 Å². The molecule has 0 atom stereocenters. The first-order chi connectivity index (χ1) is 15.6. The number of aromatic nitrogens is 3. The molecule has 0 saturated carbocycles. The molecule has 1 saturated heterocycles. The number of hydrogen-bond acceptors (Lipinski definition) is 7. The highest BCUT2D eigenvalue weighted by Crippen LogP contribution is 2.36. The second-order valence-corrected chi connectivity index (χ2v) is 7.82. The number of hydrogen-bond donors (Lipinski definition) is 1. The summed E-state index contributed by atoms with van der Waals surface area (Å²) in [6, 6.07) is 9.16. The van der Waals surface area contributed by atoms with Gasteiger partial charge in [0.2, 0.25) is 0 Å². The largest absolute Gasteiger partial charge is 0.496 e. The van der Waals surface area contributed by atoms with Crippen LogP contribution in [0.25, 0.3) is 11.4 Å². The highest BCUT2D eigenvalue weighted by molar-refractivity contribution is 5.53. The molecular weight excluding hydrogens is 408 g/mol. The van der Waals surface area contributed by atoms with E-state index in [9.17, 15) is 4.79 Å². The van der Waals surface area contributed by atoms with Gasteiger partial charge in [-0.2, -0.15) is 0 Å². The lowest BCUT2D eigenvalue weighted by molar-refractivity contribution is 0.200. The number of pyridine rings is 1. The number of H-pyrrole nitrogens is 1. The average molecular weight is 437 g/mol. The van der Waals surface area contributed by atoms with Crippen molar-refractivity contribution < 1.29 is 14.2 Å². The Morgan fingerprint density at radius 2 is 1.62 bits per heavy atom. The van der Waals surface area contributed by atoms with Crippen molar-refractivity contribution in [1.82, 2.24) is 19.9 Å². The van der Waals surface area contributed by atoms with Gasteiger partial charge in [-0.3, -0.25) is 14.7 Å². The highest BCUT2D eigenvalue weighted by Gasteiger charge is 2.24. The number of nitrogens with one attached hydrogen (secondary N) is 1. The Labute approximate surface area is 187 Å². The molecule has 32 heavy (non-hydrogen) atoms. The summed E-state index contributed by atoms with van der Waals surface area (Å²) in [5, 5.41) is 0. The predicted octanol–water partition coefficient (Wildman–Crippen LogP) is 3.24. The lowest BCUT2D eigenvalue weighted by Gasteiger charge is -2.32. The number of piperidine rings is 1. The normalized spacial score (nSPS) is 14.8. The van der Waals surface area contributed by atoms with Crippen LogP contribution in [0.5, 0.6) is 17.2 Å². The van der Waals surface area contributed by atoms with Gasteiger partial charge in [0.05, 0.1) is 27.0 Å². The minimum absolute atomic E-state index is 0.126. The molecule has 1 aliphatic heterocycles. The van der Waals surface area contributed by atoms with Crippen LogP contribution in [0.4, 0.5) is 0 Å². The summed E-state index contributed by atoms with van der Waals surface area (Å²) < 4.78 is 16.4. The van der Waals surface area contributed by atoms with E-state index in [2.05, 4.69) is 14.9 Å². The lowest BCUT2D eigenvalue weighted by Crippen LogP contribution is -2.33. The van der Waals surface area contributed by atoms with Crippen LogP contribution in [0.1, 0.15) is 30.0 Å². The Morgan fingerprint density at radius 1 is 0.969 bits per heavy atom. The van der Waals surface area contributed by atoms with Crippen LogP contribution in [-0.2, 0) is 6.54 Å². The van der Waals surface area contributed by atoms with E-state index in [4.69, 9.17) is 19.2 Å². The summed E-state index contributed by atoms with van der Waals surface area (Å²) in [6.45, 7) is 2.56. The molecule has 0 amide bonds. The summed E-state index contributed by atoms with van der Waals surface area (Å²) in [7, 11) is 4.91. The molecule has 3 aromatic rings. The van der Waals surface area contributed by atoms with E-state index in [1.165, 1.54) is 0 Å². The number of methoxy groups -OCH3 is 3. The van der Waals surface area contributed by atoms with Gasteiger partial charge in [0.25, 0.3) is 5.56 Å². The summed E-state index contributed by atoms with van der Waals surface area (Å²) in [6.07, 6.45) is 5.26. The minimum Gasteiger partial charge on any atom is -0.496 e. The van der Waals surface area contributed by atoms with Crippen molar-refractivity contribution in [3.63, 3.8) is 0 Å². The zero-order valence-electron chi connectivity index (χ0n) is 18.6. The number of ether oxygens (including phenoxy) is 3. The molecule has 0 bridgehead atoms. The summed E-state index contributed by atoms with van der Waals surface area (Å²) in [5.41, 5.74) is 2.64. The fraction of sp³-hybridized carbons (Fsp3) is 0.375. The number of benzene rings is 1. The SMILES string of the molecule is COc1cc(OC)c(OC)cc1CN1CCC(c2cc(=O)[nH]c(-c3ccncc3)n2)CC1. The third kappa shape index (κ3) is 4.75. The van der Waals surface area contributed by atoms with Crippen LogP contribution in [0, 0.1) is 0 Å². The number of aromatic amines is 1. The van der Waals surface area contributed by atoms with Crippen LogP contribution in [0.2, 0.25) is 0 Å². The Morgan fingerprint density at radius 3 is 2.28 bits per heavy atom. The first kappa shape index (κ1) is 21.8. The maximum absolute atomic E-state index is 12.3. The Hall–Kier alpha value is -3.39. The third-order valence-corrected chi connectivity index (χ3v) is 5.90. The molecule has 168 valence electrons. The van der Waals surface area contributed by atoms with Gasteiger partial charge in [-0.25, -0.2) is 4.98 Å². The third-order valence-electron chi connectivity index (χ3n) is 5.90. The molecule has 1 fully saturated rings. The van der Waals surface area contributed by atoms with E-state index in [0.717, 1.165) is 55.0 Å². The maximum Gasteiger partial charge on any atom is 0.251 e. The molecule has 4 rings (SSSR count). The second-order valence-electron chi connectivity index (χ2n) is 7.82. The zero-order chi connectivity index (χ0) is 22.5. The zero-order valence-corrected chi connectivity index (χ0v) is 18.6. The molecule has 0 spiro atoms. The highest BCUT2D eigenvalue weighted by atomic mass is 16.5. The summed E-state index contributed by atoms with van der Waals surface area (Å²) in [5.74, 6) is 2.96. The molecule has 1 N–H and O–H groups in total. The fourth-order valence-electron chi connectivity index (χ4n) is 4.18. The topological polar surface area (TPSA) is 89.6 Å². The van der Waals surface area contributed by atoms with Gasteiger partial charge in [-0.15, -0.1) is 0 Å². The Kier molecular flexibility index (Phi) is 6.70. The molecule has 3 heterocycles. The number of likely N-dealkylation sites (tertiary alicyclic amines) is 1. The molecule has 0 unspecified atom stereocenters. The van der Waals surface area contributed by atoms with Crippen molar-refractivity contribution in [2.75, 3.05) is 34.4 Å². The monoisotopic (exact) mass is 436 g/mol. The first-order valence-corrected chi connectivity index (χ1v) is 10.6. The summed E-state index contributed by atoms with van der Waals surface area (Å²) in [4.78, 5) is 26.3. The number of nitrogens with zero attached hydrogens (tertiary/aromatic N) is 3. The van der Waals surface area contributed by atoms with Gasteiger partial charge in [-0.1, -0.05) is 0 Å². The van der Waals surface area contributed by atoms with Gasteiger partial charge in [0.1, 0.15) is 11.6 Å². The van der Waals surface area contributed by atoms with Crippen molar-refractivity contribution >= 4 is 0 Å². The van der Waals surface area contributed by atoms with Gasteiger partial charge < -0.3 is 19.2 Å². The van der Waals surface area contributed by atoms with Gasteiger partial charge in [0, 0.05) is 48.1 Å². The van der Waals surface area contributed by atoms with Crippen molar-refractivity contribution in [1.29, 1.82) is 0 Å². The molecule has 1 aromatic carbocycles. The van der Waals surface area contributed by atoms with E-state index in [1.807, 2.05) is 24.3 Å². The first-order valence-electron chi connectivity index (χ1n) is 10.6.